The van der Waals surface area contributed by atoms with Gasteiger partial charge in [-0.05, 0) is 86.1 Å². The SMILES string of the molecule is CCC1=C2[C@@H](CC/C(=C/c3cc(Br)ccc3O)c3ccccn3)OC[C@@H]2[C@@H]2C(=O)N(CCCCCC(=O)O)C(=O)[C@@H]2C1. The second-order valence-electron chi connectivity index (χ2n) is 11.3. The molecule has 2 amide bonds. The molecule has 3 aliphatic rings. The smallest absolute Gasteiger partial charge is 0.303 e. The van der Waals surface area contributed by atoms with Crippen LogP contribution in [0.2, 0.25) is 0 Å². The lowest BCUT2D eigenvalue weighted by molar-refractivity contribution is -0.141. The van der Waals surface area contributed by atoms with Gasteiger partial charge in [0.2, 0.25) is 11.8 Å². The molecule has 0 saturated carbocycles. The first-order valence-electron chi connectivity index (χ1n) is 14.8. The molecule has 0 bridgehead atoms. The number of benzene rings is 1. The van der Waals surface area contributed by atoms with Gasteiger partial charge in [0.1, 0.15) is 5.75 Å². The molecule has 4 atom stereocenters. The van der Waals surface area contributed by atoms with Gasteiger partial charge in [0.25, 0.3) is 0 Å². The van der Waals surface area contributed by atoms with Crippen molar-refractivity contribution in [1.29, 1.82) is 0 Å². The Bertz CT molecular complexity index is 1400. The first-order valence-corrected chi connectivity index (χ1v) is 15.6. The minimum absolute atomic E-state index is 0.0918. The van der Waals surface area contributed by atoms with Crippen molar-refractivity contribution >= 4 is 45.4 Å². The van der Waals surface area contributed by atoms with Crippen molar-refractivity contribution in [3.63, 3.8) is 0 Å². The van der Waals surface area contributed by atoms with Gasteiger partial charge in [-0.15, -0.1) is 0 Å². The molecule has 9 heteroatoms. The van der Waals surface area contributed by atoms with Gasteiger partial charge in [0.15, 0.2) is 0 Å². The minimum Gasteiger partial charge on any atom is -0.507 e. The molecule has 1 aromatic carbocycles. The highest BCUT2D eigenvalue weighted by atomic mass is 79.9. The van der Waals surface area contributed by atoms with E-state index >= 15 is 0 Å². The number of carboxylic acids is 1. The van der Waals surface area contributed by atoms with Crippen molar-refractivity contribution in [2.24, 2.45) is 17.8 Å². The third-order valence-corrected chi connectivity index (χ3v) is 9.28. The maximum absolute atomic E-state index is 13.6. The summed E-state index contributed by atoms with van der Waals surface area (Å²) in [5.41, 5.74) is 4.91. The van der Waals surface area contributed by atoms with Gasteiger partial charge >= 0.3 is 5.97 Å². The topological polar surface area (TPSA) is 117 Å². The van der Waals surface area contributed by atoms with Crippen LogP contribution in [0.4, 0.5) is 0 Å². The Balaban J connectivity index is 1.33. The number of imide groups is 1. The van der Waals surface area contributed by atoms with Crippen molar-refractivity contribution in [3.8, 4) is 5.75 Å². The largest absolute Gasteiger partial charge is 0.507 e. The fraction of sp³-hybridized carbons (Fsp3) is 0.455. The number of rotatable bonds is 12. The van der Waals surface area contributed by atoms with E-state index < -0.39 is 11.9 Å². The highest BCUT2D eigenvalue weighted by molar-refractivity contribution is 9.10. The number of phenolic OH excluding ortho intramolecular Hbond substituents is 1. The first-order chi connectivity index (χ1) is 20.3. The van der Waals surface area contributed by atoms with E-state index in [0.717, 1.165) is 22.2 Å². The minimum atomic E-state index is -0.829. The molecule has 222 valence electrons. The molecule has 2 saturated heterocycles. The molecule has 2 N–H and O–H groups in total. The second kappa shape index (κ2) is 13.3. The van der Waals surface area contributed by atoms with Crippen LogP contribution in [-0.4, -0.2) is 57.1 Å². The molecule has 2 aliphatic heterocycles. The Kier molecular flexibility index (Phi) is 9.58. The third kappa shape index (κ3) is 6.37. The number of fused-ring (bicyclic) bond motifs is 3. The Hall–Kier alpha value is -3.30. The quantitative estimate of drug-likeness (QED) is 0.161. The number of unbranched alkanes of at least 4 members (excludes halogenated alkanes) is 2. The van der Waals surface area contributed by atoms with E-state index in [9.17, 15) is 19.5 Å². The number of halogens is 1. The summed E-state index contributed by atoms with van der Waals surface area (Å²) in [7, 11) is 0. The number of aromatic hydroxyl groups is 1. The standard InChI is InChI=1S/C33H37BrN2O6/c1-2-20-18-24-31(33(41)36(32(24)40)15-7-3-4-9-29(38)39)25-19-42-28(30(20)25)13-10-21(26-8-5-6-14-35-26)16-22-17-23(34)11-12-27(22)37/h5-6,8,11-12,14,16-17,24-25,28,31,37H,2-4,7,9-10,13,15,18-19H2,1H3,(H,38,39)/b21-16-/t24-,25+,28-,31-/m1/s1. The summed E-state index contributed by atoms with van der Waals surface area (Å²) >= 11 is 3.49. The van der Waals surface area contributed by atoms with E-state index in [2.05, 4.69) is 27.8 Å². The fourth-order valence-corrected chi connectivity index (χ4v) is 7.14. The maximum Gasteiger partial charge on any atom is 0.303 e. The lowest BCUT2D eigenvalue weighted by Crippen LogP contribution is -2.34. The van der Waals surface area contributed by atoms with E-state index in [1.54, 1.807) is 18.3 Å². The summed E-state index contributed by atoms with van der Waals surface area (Å²) in [6.07, 6.45) is 8.24. The summed E-state index contributed by atoms with van der Waals surface area (Å²) in [6.45, 7) is 2.87. The van der Waals surface area contributed by atoms with E-state index in [4.69, 9.17) is 9.84 Å². The number of likely N-dealkylation sites (tertiary alicyclic amines) is 1. The number of allylic oxidation sites excluding steroid dienone is 2. The van der Waals surface area contributed by atoms with E-state index in [1.165, 1.54) is 16.0 Å². The van der Waals surface area contributed by atoms with Crippen LogP contribution in [0.5, 0.6) is 5.75 Å². The number of hydrogen-bond acceptors (Lipinski definition) is 6. The van der Waals surface area contributed by atoms with Crippen molar-refractivity contribution in [2.45, 2.75) is 64.4 Å². The van der Waals surface area contributed by atoms with Crippen molar-refractivity contribution in [1.82, 2.24) is 9.88 Å². The molecule has 5 rings (SSSR count). The second-order valence-corrected chi connectivity index (χ2v) is 12.3. The van der Waals surface area contributed by atoms with E-state index in [0.29, 0.717) is 57.2 Å². The number of carbonyl (C=O) groups excluding carboxylic acids is 2. The first kappa shape index (κ1) is 30.2. The van der Waals surface area contributed by atoms with E-state index in [-0.39, 0.29) is 41.9 Å². The summed E-state index contributed by atoms with van der Waals surface area (Å²) in [5.74, 6) is -1.68. The van der Waals surface area contributed by atoms with Crippen LogP contribution >= 0.6 is 15.9 Å². The number of carboxylic acid groups (broad SMARTS) is 1. The summed E-state index contributed by atoms with van der Waals surface area (Å²) < 4.78 is 7.24. The molecule has 3 heterocycles. The van der Waals surface area contributed by atoms with Crippen LogP contribution in [0.25, 0.3) is 11.6 Å². The van der Waals surface area contributed by atoms with Crippen LogP contribution in [0.3, 0.4) is 0 Å². The van der Waals surface area contributed by atoms with E-state index in [1.807, 2.05) is 30.3 Å². The molecular formula is C33H37BrN2O6. The van der Waals surface area contributed by atoms with Gasteiger partial charge in [-0.1, -0.05) is 40.9 Å². The van der Waals surface area contributed by atoms with Gasteiger partial charge in [-0.2, -0.15) is 0 Å². The predicted octanol–water partition coefficient (Wildman–Crippen LogP) is 6.24. The van der Waals surface area contributed by atoms with Crippen molar-refractivity contribution < 1.29 is 29.3 Å². The Labute approximate surface area is 254 Å². The number of carbonyl (C=O) groups is 3. The molecule has 0 spiro atoms. The lowest BCUT2D eigenvalue weighted by atomic mass is 9.69. The van der Waals surface area contributed by atoms with Gasteiger partial charge in [0.05, 0.1) is 30.2 Å². The normalized spacial score (nSPS) is 23.9. The Morgan fingerprint density at radius 1 is 1.12 bits per heavy atom. The molecule has 2 fully saturated rings. The number of aromatic nitrogens is 1. The predicted molar refractivity (Wildman–Crippen MR) is 162 cm³/mol. The zero-order valence-electron chi connectivity index (χ0n) is 23.8. The molecule has 42 heavy (non-hydrogen) atoms. The average Bonchev–Trinajstić information content (AvgIpc) is 3.51. The monoisotopic (exact) mass is 636 g/mol. The molecule has 8 nitrogen and oxygen atoms in total. The third-order valence-electron chi connectivity index (χ3n) is 8.79. The van der Waals surface area contributed by atoms with Gasteiger partial charge < -0.3 is 14.9 Å². The summed E-state index contributed by atoms with van der Waals surface area (Å²) in [5, 5.41) is 19.3. The number of ether oxygens (including phenoxy) is 1. The van der Waals surface area contributed by atoms with Gasteiger partial charge in [0, 0.05) is 35.1 Å². The molecular weight excluding hydrogens is 600 g/mol. The maximum atomic E-state index is 13.6. The number of aliphatic carboxylic acids is 1. The molecule has 1 aromatic heterocycles. The van der Waals surface area contributed by atoms with Crippen LogP contribution in [0.15, 0.2) is 58.2 Å². The number of pyridine rings is 1. The van der Waals surface area contributed by atoms with Crippen molar-refractivity contribution in [2.75, 3.05) is 13.2 Å². The number of amides is 2. The zero-order valence-corrected chi connectivity index (χ0v) is 25.4. The van der Waals surface area contributed by atoms with Crippen LogP contribution in [0, 0.1) is 17.8 Å². The van der Waals surface area contributed by atoms with Gasteiger partial charge in [-0.3, -0.25) is 24.3 Å². The molecule has 0 radical (unpaired) electrons. The zero-order chi connectivity index (χ0) is 29.8. The van der Waals surface area contributed by atoms with Crippen LogP contribution in [0.1, 0.15) is 69.5 Å². The fourth-order valence-electron chi connectivity index (χ4n) is 6.76. The van der Waals surface area contributed by atoms with Crippen LogP contribution < -0.4 is 0 Å². The van der Waals surface area contributed by atoms with Crippen molar-refractivity contribution in [3.05, 3.63) is 69.5 Å². The van der Waals surface area contributed by atoms with Gasteiger partial charge in [-0.25, -0.2) is 0 Å². The highest BCUT2D eigenvalue weighted by Crippen LogP contribution is 2.50. The number of nitrogens with zero attached hydrogens (tertiary/aromatic N) is 2. The number of phenols is 1. The Morgan fingerprint density at radius 2 is 1.95 bits per heavy atom. The number of hydrogen-bond donors (Lipinski definition) is 2. The molecule has 2 aromatic rings. The lowest BCUT2D eigenvalue weighted by Gasteiger charge is -2.31. The molecule has 1 aliphatic carbocycles. The Morgan fingerprint density at radius 3 is 2.69 bits per heavy atom. The molecule has 0 unspecified atom stereocenters. The summed E-state index contributed by atoms with van der Waals surface area (Å²) in [6, 6.07) is 11.1. The highest BCUT2D eigenvalue weighted by Gasteiger charge is 2.56. The average molecular weight is 638 g/mol. The van der Waals surface area contributed by atoms with Crippen LogP contribution in [-0.2, 0) is 19.1 Å². The summed E-state index contributed by atoms with van der Waals surface area (Å²) in [4.78, 5) is 43.7.